The van der Waals surface area contributed by atoms with Crippen molar-refractivity contribution in [1.82, 2.24) is 19.9 Å². The highest BCUT2D eigenvalue weighted by atomic mass is 16.4. The second-order valence-electron chi connectivity index (χ2n) is 4.09. The lowest BCUT2D eigenvalue weighted by Gasteiger charge is -2.30. The van der Waals surface area contributed by atoms with Gasteiger partial charge in [-0.05, 0) is 12.8 Å². The molecule has 1 aliphatic rings. The normalized spacial score (nSPS) is 17.1. The monoisotopic (exact) mass is 238 g/mol. The van der Waals surface area contributed by atoms with E-state index in [4.69, 9.17) is 5.11 Å². The number of amides is 1. The molecule has 0 atom stereocenters. The van der Waals surface area contributed by atoms with E-state index in [9.17, 15) is 9.59 Å². The third-order valence-electron chi connectivity index (χ3n) is 2.96. The molecule has 1 aromatic heterocycles. The first kappa shape index (κ1) is 11.6. The molecule has 1 saturated heterocycles. The number of carboxylic acid groups (broad SMARTS) is 1. The van der Waals surface area contributed by atoms with Crippen molar-refractivity contribution in [2.75, 3.05) is 13.1 Å². The molecule has 1 amide bonds. The summed E-state index contributed by atoms with van der Waals surface area (Å²) in [5.74, 6) is -1.000. The minimum atomic E-state index is -1.07. The lowest BCUT2D eigenvalue weighted by molar-refractivity contribution is -0.130. The van der Waals surface area contributed by atoms with Crippen LogP contribution in [0.3, 0.4) is 0 Å². The van der Waals surface area contributed by atoms with Crippen molar-refractivity contribution in [1.29, 1.82) is 0 Å². The quantitative estimate of drug-likeness (QED) is 0.792. The molecule has 0 saturated carbocycles. The molecule has 0 radical (unpaired) electrons. The van der Waals surface area contributed by atoms with Crippen molar-refractivity contribution < 1.29 is 14.7 Å². The van der Waals surface area contributed by atoms with Crippen LogP contribution in [0.2, 0.25) is 0 Å². The summed E-state index contributed by atoms with van der Waals surface area (Å²) in [6.45, 7) is 2.89. The molecular weight excluding hydrogens is 224 g/mol. The maximum atomic E-state index is 11.1. The third kappa shape index (κ3) is 2.43. The van der Waals surface area contributed by atoms with Crippen LogP contribution >= 0.6 is 0 Å². The average Bonchev–Trinajstić information content (AvgIpc) is 2.78. The topological polar surface area (TPSA) is 88.3 Å². The Balaban J connectivity index is 2.00. The van der Waals surface area contributed by atoms with Gasteiger partial charge in [-0.25, -0.2) is 4.79 Å². The molecular formula is C10H14N4O3. The zero-order valence-electron chi connectivity index (χ0n) is 9.54. The van der Waals surface area contributed by atoms with E-state index in [1.807, 2.05) is 0 Å². The van der Waals surface area contributed by atoms with Crippen molar-refractivity contribution >= 4 is 11.9 Å². The van der Waals surface area contributed by atoms with E-state index in [2.05, 4.69) is 10.2 Å². The molecule has 0 spiro atoms. The zero-order valence-corrected chi connectivity index (χ0v) is 9.54. The van der Waals surface area contributed by atoms with Gasteiger partial charge in [0, 0.05) is 20.0 Å². The Morgan fingerprint density at radius 1 is 1.41 bits per heavy atom. The largest absolute Gasteiger partial charge is 0.476 e. The molecule has 0 unspecified atom stereocenters. The number of aromatic nitrogens is 3. The fourth-order valence-corrected chi connectivity index (χ4v) is 1.96. The van der Waals surface area contributed by atoms with Gasteiger partial charge in [-0.1, -0.05) is 0 Å². The first-order valence-electron chi connectivity index (χ1n) is 5.48. The maximum Gasteiger partial charge on any atom is 0.358 e. The van der Waals surface area contributed by atoms with Gasteiger partial charge < -0.3 is 10.0 Å². The van der Waals surface area contributed by atoms with Crippen LogP contribution in [0.1, 0.15) is 36.3 Å². The van der Waals surface area contributed by atoms with E-state index < -0.39 is 5.97 Å². The summed E-state index contributed by atoms with van der Waals surface area (Å²) in [7, 11) is 0. The van der Waals surface area contributed by atoms with Crippen molar-refractivity contribution in [3.05, 3.63) is 11.9 Å². The van der Waals surface area contributed by atoms with Gasteiger partial charge in [0.1, 0.15) is 0 Å². The minimum absolute atomic E-state index is 0.0426. The van der Waals surface area contributed by atoms with Crippen LogP contribution in [0.25, 0.3) is 0 Å². The van der Waals surface area contributed by atoms with E-state index in [0.717, 1.165) is 12.8 Å². The molecule has 17 heavy (non-hydrogen) atoms. The summed E-state index contributed by atoms with van der Waals surface area (Å²) in [5.41, 5.74) is -0.0426. The lowest BCUT2D eigenvalue weighted by atomic mass is 10.1. The highest BCUT2D eigenvalue weighted by Gasteiger charge is 2.23. The zero-order chi connectivity index (χ0) is 12.4. The molecule has 1 N–H and O–H groups in total. The third-order valence-corrected chi connectivity index (χ3v) is 2.96. The molecule has 92 valence electrons. The second-order valence-corrected chi connectivity index (χ2v) is 4.09. The smallest absolute Gasteiger partial charge is 0.358 e. The first-order chi connectivity index (χ1) is 8.08. The molecule has 1 fully saturated rings. The van der Waals surface area contributed by atoms with Crippen molar-refractivity contribution in [3.63, 3.8) is 0 Å². The van der Waals surface area contributed by atoms with Gasteiger partial charge >= 0.3 is 5.97 Å². The molecule has 1 aromatic rings. The van der Waals surface area contributed by atoms with Crippen LogP contribution in [0.4, 0.5) is 0 Å². The summed E-state index contributed by atoms with van der Waals surface area (Å²) < 4.78 is 0. The lowest BCUT2D eigenvalue weighted by Crippen LogP contribution is -2.38. The molecule has 0 aromatic carbocycles. The minimum Gasteiger partial charge on any atom is -0.476 e. The number of hydrogen-bond acceptors (Lipinski definition) is 4. The Bertz CT molecular complexity index is 435. The Hall–Kier alpha value is -1.92. The number of hydrogen-bond donors (Lipinski definition) is 1. The predicted molar refractivity (Wildman–Crippen MR) is 57.5 cm³/mol. The van der Waals surface area contributed by atoms with Crippen LogP contribution in [-0.4, -0.2) is 50.0 Å². The average molecular weight is 238 g/mol. The number of piperidine rings is 1. The van der Waals surface area contributed by atoms with E-state index in [1.54, 1.807) is 11.8 Å². The van der Waals surface area contributed by atoms with Crippen LogP contribution in [0.15, 0.2) is 6.20 Å². The number of carbonyl (C=O) groups is 2. The summed E-state index contributed by atoms with van der Waals surface area (Å²) in [6.07, 6.45) is 2.76. The summed E-state index contributed by atoms with van der Waals surface area (Å²) in [5, 5.41) is 16.6. The number of carbonyl (C=O) groups excluding carboxylic acids is 1. The predicted octanol–water partition coefficient (Wildman–Crippen LogP) is 0.160. The Labute approximate surface area is 98.0 Å². The molecule has 2 rings (SSSR count). The van der Waals surface area contributed by atoms with Crippen LogP contribution < -0.4 is 0 Å². The van der Waals surface area contributed by atoms with Crippen molar-refractivity contribution in [2.45, 2.75) is 25.8 Å². The van der Waals surface area contributed by atoms with Gasteiger partial charge in [-0.2, -0.15) is 9.90 Å². The van der Waals surface area contributed by atoms with Crippen LogP contribution in [0.5, 0.6) is 0 Å². The Morgan fingerprint density at radius 2 is 2.06 bits per heavy atom. The first-order valence-corrected chi connectivity index (χ1v) is 5.48. The Kier molecular flexibility index (Phi) is 3.08. The van der Waals surface area contributed by atoms with Crippen molar-refractivity contribution in [3.8, 4) is 0 Å². The number of rotatable bonds is 2. The number of nitrogens with zero attached hydrogens (tertiary/aromatic N) is 4. The van der Waals surface area contributed by atoms with E-state index in [-0.39, 0.29) is 17.6 Å². The number of likely N-dealkylation sites (tertiary alicyclic amines) is 1. The van der Waals surface area contributed by atoms with Gasteiger partial charge in [0.25, 0.3) is 0 Å². The number of carboxylic acids is 1. The molecule has 1 aliphatic heterocycles. The fraction of sp³-hybridized carbons (Fsp3) is 0.600. The Morgan fingerprint density at radius 3 is 2.53 bits per heavy atom. The summed E-state index contributed by atoms with van der Waals surface area (Å²) in [4.78, 5) is 25.0. The van der Waals surface area contributed by atoms with E-state index in [0.29, 0.717) is 13.1 Å². The standard InChI is InChI=1S/C10H14N4O3/c1-7(15)13-4-2-8(3-5-13)14-11-6-9(12-14)10(16)17/h6,8H,2-5H2,1H3,(H,16,17). The van der Waals surface area contributed by atoms with Crippen LogP contribution in [0, 0.1) is 0 Å². The summed E-state index contributed by atoms with van der Waals surface area (Å²) >= 11 is 0. The van der Waals surface area contributed by atoms with Gasteiger partial charge in [-0.3, -0.25) is 4.79 Å². The van der Waals surface area contributed by atoms with Crippen molar-refractivity contribution in [2.24, 2.45) is 0 Å². The molecule has 0 bridgehead atoms. The molecule has 0 aliphatic carbocycles. The SMILES string of the molecule is CC(=O)N1CCC(n2ncc(C(=O)O)n2)CC1. The summed E-state index contributed by atoms with van der Waals surface area (Å²) in [6, 6.07) is 0.0821. The highest BCUT2D eigenvalue weighted by Crippen LogP contribution is 2.20. The van der Waals surface area contributed by atoms with E-state index >= 15 is 0 Å². The van der Waals surface area contributed by atoms with Gasteiger partial charge in [0.05, 0.1) is 12.2 Å². The van der Waals surface area contributed by atoms with Gasteiger partial charge in [0.15, 0.2) is 5.69 Å². The molecule has 7 nitrogen and oxygen atoms in total. The fourth-order valence-electron chi connectivity index (χ4n) is 1.96. The van der Waals surface area contributed by atoms with Gasteiger partial charge in [0.2, 0.25) is 5.91 Å². The molecule has 2 heterocycles. The highest BCUT2D eigenvalue weighted by molar-refractivity contribution is 5.84. The van der Waals surface area contributed by atoms with Crippen LogP contribution in [-0.2, 0) is 4.79 Å². The maximum absolute atomic E-state index is 11.1. The molecule has 7 heteroatoms. The van der Waals surface area contributed by atoms with E-state index in [1.165, 1.54) is 11.0 Å². The second kappa shape index (κ2) is 4.52. The van der Waals surface area contributed by atoms with Gasteiger partial charge in [-0.15, -0.1) is 5.10 Å². The number of aromatic carboxylic acids is 1.